The molecule has 1 aromatic heterocycles. The molecule has 2 aromatic carbocycles. The summed E-state index contributed by atoms with van der Waals surface area (Å²) in [6, 6.07) is 14.8. The van der Waals surface area contributed by atoms with Crippen molar-refractivity contribution in [1.82, 2.24) is 9.62 Å². The van der Waals surface area contributed by atoms with Crippen LogP contribution in [0.1, 0.15) is 40.6 Å². The van der Waals surface area contributed by atoms with Gasteiger partial charge in [0.25, 0.3) is 5.91 Å². The van der Waals surface area contributed by atoms with E-state index in [1.165, 1.54) is 18.4 Å². The maximum atomic E-state index is 13.3. The third kappa shape index (κ3) is 4.89. The molecule has 2 heterocycles. The second-order valence-corrected chi connectivity index (χ2v) is 9.46. The first-order chi connectivity index (χ1) is 15.9. The molecule has 0 aliphatic carbocycles. The summed E-state index contributed by atoms with van der Waals surface area (Å²) in [4.78, 5) is 15.2. The van der Waals surface area contributed by atoms with Crippen molar-refractivity contribution in [1.29, 1.82) is 0 Å². The number of furan rings is 1. The summed E-state index contributed by atoms with van der Waals surface area (Å²) < 4.78 is 43.6. The van der Waals surface area contributed by atoms with Gasteiger partial charge in [0.15, 0.2) is 0 Å². The molecular weight excluding hydrogens is 444 g/mol. The average molecular weight is 471 g/mol. The molecule has 174 valence electrons. The topological polar surface area (TPSA) is 98.1 Å². The molecule has 1 unspecified atom stereocenters. The molecule has 1 atom stereocenters. The highest BCUT2D eigenvalue weighted by atomic mass is 32.2. The number of hydrogen-bond acceptors (Lipinski definition) is 6. The third-order valence-corrected chi connectivity index (χ3v) is 7.15. The van der Waals surface area contributed by atoms with E-state index >= 15 is 0 Å². The summed E-state index contributed by atoms with van der Waals surface area (Å²) in [7, 11) is -0.532. The van der Waals surface area contributed by atoms with Crippen LogP contribution >= 0.6 is 0 Å². The minimum atomic E-state index is -3.73. The van der Waals surface area contributed by atoms with Crippen molar-refractivity contribution in [2.45, 2.75) is 30.3 Å². The van der Waals surface area contributed by atoms with Crippen LogP contribution in [0.4, 0.5) is 0 Å². The van der Waals surface area contributed by atoms with E-state index in [4.69, 9.17) is 13.9 Å². The van der Waals surface area contributed by atoms with Crippen molar-refractivity contribution in [3.8, 4) is 11.5 Å². The van der Waals surface area contributed by atoms with Gasteiger partial charge in [-0.05, 0) is 67.4 Å². The zero-order valence-electron chi connectivity index (χ0n) is 18.5. The van der Waals surface area contributed by atoms with Gasteiger partial charge in [-0.15, -0.1) is 0 Å². The van der Waals surface area contributed by atoms with Gasteiger partial charge < -0.3 is 18.8 Å². The lowest BCUT2D eigenvalue weighted by atomic mass is 10.0. The molecule has 0 spiro atoms. The first kappa shape index (κ1) is 22.9. The van der Waals surface area contributed by atoms with Crippen LogP contribution in [0.15, 0.2) is 70.2 Å². The van der Waals surface area contributed by atoms with Gasteiger partial charge in [-0.3, -0.25) is 4.79 Å². The van der Waals surface area contributed by atoms with E-state index in [9.17, 15) is 13.2 Å². The number of carbonyl (C=O) groups is 1. The van der Waals surface area contributed by atoms with E-state index in [0.29, 0.717) is 29.4 Å². The minimum Gasteiger partial charge on any atom is -0.497 e. The highest BCUT2D eigenvalue weighted by Gasteiger charge is 2.33. The molecule has 1 fully saturated rings. The first-order valence-corrected chi connectivity index (χ1v) is 12.1. The van der Waals surface area contributed by atoms with E-state index in [2.05, 4.69) is 4.72 Å². The lowest BCUT2D eigenvalue weighted by molar-refractivity contribution is 0.0734. The predicted octanol–water partition coefficient (Wildman–Crippen LogP) is 3.75. The van der Waals surface area contributed by atoms with Crippen molar-refractivity contribution in [3.05, 3.63) is 77.7 Å². The Bertz CT molecular complexity index is 1210. The number of amides is 1. The van der Waals surface area contributed by atoms with Crippen molar-refractivity contribution in [3.63, 3.8) is 0 Å². The van der Waals surface area contributed by atoms with E-state index in [0.717, 1.165) is 18.4 Å². The Kier molecular flexibility index (Phi) is 6.71. The van der Waals surface area contributed by atoms with Crippen molar-refractivity contribution < 1.29 is 27.1 Å². The molecule has 8 nitrogen and oxygen atoms in total. The van der Waals surface area contributed by atoms with Gasteiger partial charge in [0.1, 0.15) is 17.3 Å². The van der Waals surface area contributed by atoms with Crippen LogP contribution in [0.25, 0.3) is 0 Å². The van der Waals surface area contributed by atoms with Gasteiger partial charge in [0.2, 0.25) is 10.0 Å². The fourth-order valence-corrected chi connectivity index (χ4v) is 5.03. The quantitative estimate of drug-likeness (QED) is 0.538. The maximum Gasteiger partial charge on any atom is 0.254 e. The SMILES string of the molecule is COc1ccc(OC)c(C2CCCN2C(=O)c2ccc(S(=O)(=O)NCc3ccco3)cc2)c1. The Morgan fingerprint density at radius 1 is 1.12 bits per heavy atom. The van der Waals surface area contributed by atoms with Gasteiger partial charge in [-0.25, -0.2) is 13.1 Å². The van der Waals surface area contributed by atoms with Crippen LogP contribution in [0.5, 0.6) is 11.5 Å². The number of rotatable bonds is 8. The Morgan fingerprint density at radius 3 is 2.58 bits per heavy atom. The standard InChI is InChI=1S/C24H26N2O6S/c1-30-18-9-12-23(31-2)21(15-18)22-6-3-13-26(22)24(27)17-7-10-20(11-8-17)33(28,29)25-16-19-5-4-14-32-19/h4-5,7-12,14-15,22,25H,3,6,13,16H2,1-2H3. The summed E-state index contributed by atoms with van der Waals surface area (Å²) in [5.74, 6) is 1.75. The maximum absolute atomic E-state index is 13.3. The molecule has 0 radical (unpaired) electrons. The van der Waals surface area contributed by atoms with Crippen LogP contribution in [-0.4, -0.2) is 40.0 Å². The van der Waals surface area contributed by atoms with E-state index in [-0.39, 0.29) is 23.4 Å². The highest BCUT2D eigenvalue weighted by molar-refractivity contribution is 7.89. The monoisotopic (exact) mass is 470 g/mol. The second-order valence-electron chi connectivity index (χ2n) is 7.69. The number of nitrogens with one attached hydrogen (secondary N) is 1. The van der Waals surface area contributed by atoms with Gasteiger partial charge in [0, 0.05) is 17.7 Å². The number of sulfonamides is 1. The van der Waals surface area contributed by atoms with Gasteiger partial charge >= 0.3 is 0 Å². The van der Waals surface area contributed by atoms with Crippen LogP contribution in [0.2, 0.25) is 0 Å². The van der Waals surface area contributed by atoms with E-state index in [1.807, 2.05) is 18.2 Å². The number of methoxy groups -OCH3 is 2. The zero-order valence-corrected chi connectivity index (χ0v) is 19.3. The van der Waals surface area contributed by atoms with Gasteiger partial charge in [0.05, 0.1) is 38.0 Å². The average Bonchev–Trinajstić information content (AvgIpc) is 3.54. The molecule has 1 amide bonds. The number of nitrogens with zero attached hydrogens (tertiary/aromatic N) is 1. The van der Waals surface area contributed by atoms with Crippen molar-refractivity contribution >= 4 is 15.9 Å². The summed E-state index contributed by atoms with van der Waals surface area (Å²) in [5, 5.41) is 0. The van der Waals surface area contributed by atoms with Crippen LogP contribution in [0.3, 0.4) is 0 Å². The predicted molar refractivity (Wildman–Crippen MR) is 122 cm³/mol. The number of ether oxygens (including phenoxy) is 2. The molecular formula is C24H26N2O6S. The summed E-state index contributed by atoms with van der Waals surface area (Å²) in [6.45, 7) is 0.655. The second kappa shape index (κ2) is 9.68. The minimum absolute atomic E-state index is 0.0494. The van der Waals surface area contributed by atoms with Crippen molar-refractivity contribution in [2.24, 2.45) is 0 Å². The molecule has 3 aromatic rings. The van der Waals surface area contributed by atoms with Crippen LogP contribution in [0, 0.1) is 0 Å². The summed E-state index contributed by atoms with van der Waals surface area (Å²) in [6.07, 6.45) is 3.15. The van der Waals surface area contributed by atoms with Gasteiger partial charge in [-0.1, -0.05) is 0 Å². The number of benzene rings is 2. The first-order valence-electron chi connectivity index (χ1n) is 10.6. The van der Waals surface area contributed by atoms with Crippen LogP contribution < -0.4 is 14.2 Å². The highest BCUT2D eigenvalue weighted by Crippen LogP contribution is 2.39. The fraction of sp³-hybridized carbons (Fsp3) is 0.292. The number of hydrogen-bond donors (Lipinski definition) is 1. The Hall–Kier alpha value is -3.30. The Balaban J connectivity index is 1.52. The molecule has 0 bridgehead atoms. The third-order valence-electron chi connectivity index (χ3n) is 5.74. The van der Waals surface area contributed by atoms with E-state index in [1.54, 1.807) is 43.4 Å². The number of likely N-dealkylation sites (tertiary alicyclic amines) is 1. The lowest BCUT2D eigenvalue weighted by Crippen LogP contribution is -2.31. The summed E-state index contributed by atoms with van der Waals surface area (Å²) >= 11 is 0. The largest absolute Gasteiger partial charge is 0.497 e. The molecule has 1 aliphatic rings. The molecule has 0 saturated carbocycles. The summed E-state index contributed by atoms with van der Waals surface area (Å²) in [5.41, 5.74) is 1.32. The molecule has 1 aliphatic heterocycles. The molecule has 33 heavy (non-hydrogen) atoms. The van der Waals surface area contributed by atoms with Crippen LogP contribution in [-0.2, 0) is 16.6 Å². The van der Waals surface area contributed by atoms with E-state index < -0.39 is 10.0 Å². The lowest BCUT2D eigenvalue weighted by Gasteiger charge is -2.27. The number of carbonyl (C=O) groups excluding carboxylic acids is 1. The molecule has 9 heteroatoms. The Labute approximate surface area is 193 Å². The molecule has 4 rings (SSSR count). The smallest absolute Gasteiger partial charge is 0.254 e. The molecule has 1 N–H and O–H groups in total. The normalized spacial score (nSPS) is 16.1. The van der Waals surface area contributed by atoms with Gasteiger partial charge in [-0.2, -0.15) is 0 Å². The Morgan fingerprint density at radius 2 is 1.91 bits per heavy atom. The fourth-order valence-electron chi connectivity index (χ4n) is 4.04. The van der Waals surface area contributed by atoms with Crippen molar-refractivity contribution in [2.75, 3.05) is 20.8 Å². The molecule has 1 saturated heterocycles. The zero-order chi connectivity index (χ0) is 23.4.